The van der Waals surface area contributed by atoms with E-state index >= 15 is 0 Å². The second-order valence-electron chi connectivity index (χ2n) is 6.86. The van der Waals surface area contributed by atoms with E-state index in [1.165, 1.54) is 7.11 Å². The number of aromatic amines is 1. The zero-order valence-corrected chi connectivity index (χ0v) is 17.1. The minimum Gasteiger partial charge on any atom is -0.467 e. The molecule has 2 aromatic carbocycles. The molecule has 7 heteroatoms. The van der Waals surface area contributed by atoms with Crippen molar-refractivity contribution in [1.29, 1.82) is 0 Å². The van der Waals surface area contributed by atoms with E-state index in [9.17, 15) is 9.59 Å². The van der Waals surface area contributed by atoms with E-state index < -0.39 is 12.0 Å². The van der Waals surface area contributed by atoms with Gasteiger partial charge in [0.05, 0.1) is 13.7 Å². The molecule has 0 saturated carbocycles. The first-order valence-electron chi connectivity index (χ1n) is 9.39. The van der Waals surface area contributed by atoms with Crippen LogP contribution in [0.3, 0.4) is 0 Å². The van der Waals surface area contributed by atoms with Gasteiger partial charge in [-0.25, -0.2) is 4.79 Å². The summed E-state index contributed by atoms with van der Waals surface area (Å²) in [7, 11) is 1.32. The third-order valence-corrected chi connectivity index (χ3v) is 5.11. The Morgan fingerprint density at radius 1 is 1.14 bits per heavy atom. The number of halogens is 1. The molecule has 3 N–H and O–H groups in total. The lowest BCUT2D eigenvalue weighted by atomic mass is 10.0. The Kier molecular flexibility index (Phi) is 6.90. The molecule has 3 aromatic rings. The predicted molar refractivity (Wildman–Crippen MR) is 114 cm³/mol. The molecular formula is C22H24ClN3O3. The first kappa shape index (κ1) is 20.9. The average molecular weight is 414 g/mol. The minimum atomic E-state index is -0.764. The van der Waals surface area contributed by atoms with E-state index in [0.717, 1.165) is 22.0 Å². The zero-order chi connectivity index (χ0) is 20.8. The number of hydrogen-bond donors (Lipinski definition) is 3. The Morgan fingerprint density at radius 3 is 2.59 bits per heavy atom. The largest absolute Gasteiger partial charge is 0.467 e. The highest BCUT2D eigenvalue weighted by Gasteiger charge is 2.23. The monoisotopic (exact) mass is 413 g/mol. The van der Waals surface area contributed by atoms with E-state index in [0.29, 0.717) is 11.4 Å². The highest BCUT2D eigenvalue weighted by molar-refractivity contribution is 6.30. The molecule has 0 spiro atoms. The Balaban J connectivity index is 1.61. The van der Waals surface area contributed by atoms with Crippen molar-refractivity contribution in [2.75, 3.05) is 13.7 Å². The van der Waals surface area contributed by atoms with Gasteiger partial charge < -0.3 is 20.4 Å². The molecule has 0 bridgehead atoms. The van der Waals surface area contributed by atoms with E-state index in [-0.39, 0.29) is 18.5 Å². The van der Waals surface area contributed by atoms with Gasteiger partial charge in [-0.15, -0.1) is 0 Å². The first-order valence-corrected chi connectivity index (χ1v) is 9.76. The van der Waals surface area contributed by atoms with Crippen LogP contribution >= 0.6 is 11.6 Å². The van der Waals surface area contributed by atoms with Crippen molar-refractivity contribution >= 4 is 34.4 Å². The first-order chi connectivity index (χ1) is 14.0. The van der Waals surface area contributed by atoms with Crippen LogP contribution in [0.2, 0.25) is 5.02 Å². The SMILES string of the molecule is COC(=O)[C@@H](Cc1c[nH]c2ccccc12)NC(=O)CN[C@@H](C)c1ccc(Cl)cc1. The number of esters is 1. The molecule has 29 heavy (non-hydrogen) atoms. The summed E-state index contributed by atoms with van der Waals surface area (Å²) in [6.07, 6.45) is 2.20. The number of benzene rings is 2. The predicted octanol–water partition coefficient (Wildman–Crippen LogP) is 3.37. The van der Waals surface area contributed by atoms with Gasteiger partial charge in [0.15, 0.2) is 0 Å². The smallest absolute Gasteiger partial charge is 0.328 e. The molecule has 1 aromatic heterocycles. The summed E-state index contributed by atoms with van der Waals surface area (Å²) < 4.78 is 4.88. The lowest BCUT2D eigenvalue weighted by Gasteiger charge is -2.18. The van der Waals surface area contributed by atoms with Gasteiger partial charge in [-0.1, -0.05) is 41.9 Å². The van der Waals surface area contributed by atoms with Crippen molar-refractivity contribution in [3.63, 3.8) is 0 Å². The molecule has 0 radical (unpaired) electrons. The number of para-hydroxylation sites is 1. The second-order valence-corrected chi connectivity index (χ2v) is 7.30. The van der Waals surface area contributed by atoms with Crippen LogP contribution in [0, 0.1) is 0 Å². The minimum absolute atomic E-state index is 0.0387. The van der Waals surface area contributed by atoms with E-state index in [4.69, 9.17) is 16.3 Å². The highest BCUT2D eigenvalue weighted by Crippen LogP contribution is 2.19. The van der Waals surface area contributed by atoms with Gasteiger partial charge in [0.2, 0.25) is 5.91 Å². The number of methoxy groups -OCH3 is 1. The number of carbonyl (C=O) groups excluding carboxylic acids is 2. The summed E-state index contributed by atoms with van der Waals surface area (Å²) in [4.78, 5) is 27.8. The average Bonchev–Trinajstić information content (AvgIpc) is 3.14. The van der Waals surface area contributed by atoms with E-state index in [1.54, 1.807) is 0 Å². The van der Waals surface area contributed by atoms with Crippen molar-refractivity contribution in [3.05, 3.63) is 70.9 Å². The summed E-state index contributed by atoms with van der Waals surface area (Å²) in [6, 6.07) is 14.5. The molecule has 2 atom stereocenters. The number of hydrogen-bond acceptors (Lipinski definition) is 4. The van der Waals surface area contributed by atoms with Crippen LogP contribution in [0.25, 0.3) is 10.9 Å². The molecule has 3 rings (SSSR count). The van der Waals surface area contributed by atoms with Crippen LogP contribution < -0.4 is 10.6 Å². The van der Waals surface area contributed by atoms with E-state index in [2.05, 4.69) is 15.6 Å². The molecule has 0 unspecified atom stereocenters. The van der Waals surface area contributed by atoms with Gasteiger partial charge >= 0.3 is 5.97 Å². The quantitative estimate of drug-likeness (QED) is 0.494. The van der Waals surface area contributed by atoms with Gasteiger partial charge in [0.25, 0.3) is 0 Å². The van der Waals surface area contributed by atoms with Gasteiger partial charge in [0.1, 0.15) is 6.04 Å². The fourth-order valence-electron chi connectivity index (χ4n) is 3.22. The molecule has 0 fully saturated rings. The molecule has 1 heterocycles. The maximum absolute atomic E-state index is 12.4. The molecule has 0 aliphatic rings. The molecule has 0 aliphatic carbocycles. The number of rotatable bonds is 8. The number of fused-ring (bicyclic) bond motifs is 1. The zero-order valence-electron chi connectivity index (χ0n) is 16.4. The molecule has 152 valence electrons. The van der Waals surface area contributed by atoms with Crippen LogP contribution in [0.15, 0.2) is 54.7 Å². The van der Waals surface area contributed by atoms with Crippen LogP contribution in [0.5, 0.6) is 0 Å². The number of nitrogens with one attached hydrogen (secondary N) is 3. The standard InChI is InChI=1S/C22H24ClN3O3/c1-14(15-7-9-17(23)10-8-15)24-13-21(27)26-20(22(28)29-2)11-16-12-25-19-6-4-3-5-18(16)19/h3-10,12,14,20,24-25H,11,13H2,1-2H3,(H,26,27)/t14-,20+/m0/s1. The Morgan fingerprint density at radius 2 is 1.86 bits per heavy atom. The summed E-state index contributed by atoms with van der Waals surface area (Å²) in [5.41, 5.74) is 2.94. The lowest BCUT2D eigenvalue weighted by Crippen LogP contribution is -2.46. The Bertz CT molecular complexity index is 984. The number of aromatic nitrogens is 1. The molecule has 1 amide bonds. The van der Waals surface area contributed by atoms with Crippen molar-refractivity contribution in [2.24, 2.45) is 0 Å². The summed E-state index contributed by atoms with van der Waals surface area (Å²) in [5.74, 6) is -0.754. The van der Waals surface area contributed by atoms with Crippen LogP contribution in [0.1, 0.15) is 24.1 Å². The summed E-state index contributed by atoms with van der Waals surface area (Å²) in [5, 5.41) is 7.61. The molecule has 6 nitrogen and oxygen atoms in total. The third kappa shape index (κ3) is 5.37. The summed E-state index contributed by atoms with van der Waals surface area (Å²) >= 11 is 5.91. The van der Waals surface area contributed by atoms with Crippen molar-refractivity contribution in [1.82, 2.24) is 15.6 Å². The molecular weight excluding hydrogens is 390 g/mol. The highest BCUT2D eigenvalue weighted by atomic mass is 35.5. The number of amides is 1. The van der Waals surface area contributed by atoms with Crippen LogP contribution in [0.4, 0.5) is 0 Å². The van der Waals surface area contributed by atoms with Crippen LogP contribution in [-0.2, 0) is 20.7 Å². The number of ether oxygens (including phenoxy) is 1. The number of H-pyrrole nitrogens is 1. The van der Waals surface area contributed by atoms with Gasteiger partial charge in [0, 0.05) is 34.6 Å². The van der Waals surface area contributed by atoms with Crippen molar-refractivity contribution in [3.8, 4) is 0 Å². The van der Waals surface area contributed by atoms with Gasteiger partial charge in [-0.05, 0) is 36.2 Å². The second kappa shape index (κ2) is 9.58. The summed E-state index contributed by atoms with van der Waals surface area (Å²) in [6.45, 7) is 2.03. The Hall–Kier alpha value is -2.83. The fraction of sp³-hybridized carbons (Fsp3) is 0.273. The van der Waals surface area contributed by atoms with Crippen molar-refractivity contribution < 1.29 is 14.3 Å². The Labute approximate surface area is 174 Å². The van der Waals surface area contributed by atoms with Gasteiger partial charge in [-0.3, -0.25) is 4.79 Å². The maximum Gasteiger partial charge on any atom is 0.328 e. The molecule has 0 saturated heterocycles. The van der Waals surface area contributed by atoms with Gasteiger partial charge in [-0.2, -0.15) is 0 Å². The molecule has 0 aliphatic heterocycles. The topological polar surface area (TPSA) is 83.2 Å². The van der Waals surface area contributed by atoms with E-state index in [1.807, 2.05) is 61.7 Å². The maximum atomic E-state index is 12.4. The van der Waals surface area contributed by atoms with Crippen LogP contribution in [-0.4, -0.2) is 36.6 Å². The third-order valence-electron chi connectivity index (χ3n) is 4.86. The van der Waals surface area contributed by atoms with Crippen molar-refractivity contribution in [2.45, 2.75) is 25.4 Å². The number of carbonyl (C=O) groups is 2. The fourth-order valence-corrected chi connectivity index (χ4v) is 3.34. The lowest BCUT2D eigenvalue weighted by molar-refractivity contribution is -0.144. The normalized spacial score (nSPS) is 13.1.